The molecule has 31 heavy (non-hydrogen) atoms. The molecule has 5 rings (SSSR count). The van der Waals surface area contributed by atoms with Crippen molar-refractivity contribution < 1.29 is 13.2 Å². The Morgan fingerprint density at radius 3 is 2.48 bits per heavy atom. The fourth-order valence-corrected chi connectivity index (χ4v) is 4.85. The predicted molar refractivity (Wildman–Crippen MR) is 115 cm³/mol. The van der Waals surface area contributed by atoms with Crippen LogP contribution in [0.5, 0.6) is 0 Å². The van der Waals surface area contributed by atoms with Gasteiger partial charge >= 0.3 is 6.18 Å². The Bertz CT molecular complexity index is 1030. The number of hydrogen-bond acceptors (Lipinski definition) is 4. The molecular formula is C24H25F3N4. The molecule has 2 saturated heterocycles. The number of aromatic nitrogens is 1. The fraction of sp³-hybridized carbons (Fsp3) is 0.375. The summed E-state index contributed by atoms with van der Waals surface area (Å²) in [5.41, 5.74) is 0.557. The van der Waals surface area contributed by atoms with Gasteiger partial charge in [-0.1, -0.05) is 36.4 Å². The van der Waals surface area contributed by atoms with Gasteiger partial charge in [0, 0.05) is 37.3 Å². The van der Waals surface area contributed by atoms with Crippen LogP contribution in [0.25, 0.3) is 11.3 Å². The minimum absolute atomic E-state index is 0.0163. The Balaban J connectivity index is 1.55. The first-order valence-electron chi connectivity index (χ1n) is 10.7. The number of alkyl halides is 3. The molecular weight excluding hydrogens is 401 g/mol. The second kappa shape index (κ2) is 7.71. The van der Waals surface area contributed by atoms with Crippen LogP contribution in [0.1, 0.15) is 24.0 Å². The van der Waals surface area contributed by atoms with E-state index in [9.17, 15) is 13.2 Å². The van der Waals surface area contributed by atoms with E-state index in [0.29, 0.717) is 30.0 Å². The van der Waals surface area contributed by atoms with Crippen molar-refractivity contribution in [3.8, 4) is 11.3 Å². The van der Waals surface area contributed by atoms with Gasteiger partial charge in [-0.25, -0.2) is 4.98 Å². The first kappa shape index (κ1) is 20.1. The van der Waals surface area contributed by atoms with E-state index in [0.717, 1.165) is 24.5 Å². The van der Waals surface area contributed by atoms with Crippen LogP contribution < -0.4 is 10.2 Å². The summed E-state index contributed by atoms with van der Waals surface area (Å²) in [4.78, 5) is 8.94. The van der Waals surface area contributed by atoms with Crippen LogP contribution in [0.15, 0.2) is 60.4 Å². The lowest BCUT2D eigenvalue weighted by Gasteiger charge is -2.41. The third-order valence-electron chi connectivity index (χ3n) is 6.35. The molecule has 4 heterocycles. The molecule has 1 aromatic carbocycles. The lowest BCUT2D eigenvalue weighted by Crippen LogP contribution is -2.53. The number of halogens is 3. The number of piperazine rings is 1. The van der Waals surface area contributed by atoms with Crippen LogP contribution in [-0.2, 0) is 6.18 Å². The van der Waals surface area contributed by atoms with Crippen molar-refractivity contribution in [3.05, 3.63) is 71.6 Å². The molecule has 2 bridgehead atoms. The second-order valence-electron chi connectivity index (χ2n) is 8.48. The van der Waals surface area contributed by atoms with Crippen molar-refractivity contribution in [3.63, 3.8) is 0 Å². The van der Waals surface area contributed by atoms with Gasteiger partial charge in [-0.15, -0.1) is 0 Å². The van der Waals surface area contributed by atoms with Crippen molar-refractivity contribution in [1.82, 2.24) is 15.2 Å². The molecule has 7 heteroatoms. The molecule has 2 aromatic rings. The van der Waals surface area contributed by atoms with Gasteiger partial charge in [-0.3, -0.25) is 0 Å². The largest absolute Gasteiger partial charge is 0.418 e. The van der Waals surface area contributed by atoms with Gasteiger partial charge in [0.25, 0.3) is 0 Å². The molecule has 0 aliphatic carbocycles. The van der Waals surface area contributed by atoms with Crippen molar-refractivity contribution in [2.24, 2.45) is 0 Å². The molecule has 1 N–H and O–H groups in total. The van der Waals surface area contributed by atoms with E-state index in [1.807, 2.05) is 42.2 Å². The van der Waals surface area contributed by atoms with Crippen LogP contribution >= 0.6 is 0 Å². The number of anilines is 1. The van der Waals surface area contributed by atoms with E-state index in [2.05, 4.69) is 15.2 Å². The Hall–Kier alpha value is -2.80. The Labute approximate surface area is 180 Å². The molecule has 0 spiro atoms. The number of fused-ring (bicyclic) bond motifs is 2. The zero-order chi connectivity index (χ0) is 21.6. The number of aryl methyl sites for hydroxylation is 1. The summed E-state index contributed by atoms with van der Waals surface area (Å²) in [5, 5.41) is 3.63. The average molecular weight is 426 g/mol. The monoisotopic (exact) mass is 426 g/mol. The van der Waals surface area contributed by atoms with E-state index in [1.165, 1.54) is 25.0 Å². The first-order chi connectivity index (χ1) is 14.9. The third kappa shape index (κ3) is 3.82. The molecule has 2 unspecified atom stereocenters. The molecule has 0 amide bonds. The number of allylic oxidation sites excluding steroid dienone is 2. The number of benzene rings is 1. The maximum Gasteiger partial charge on any atom is 0.418 e. The van der Waals surface area contributed by atoms with E-state index in [-0.39, 0.29) is 5.69 Å². The minimum Gasteiger partial charge on any atom is -0.355 e. The van der Waals surface area contributed by atoms with Gasteiger partial charge in [-0.05, 0) is 43.5 Å². The zero-order valence-electron chi connectivity index (χ0n) is 17.4. The maximum absolute atomic E-state index is 13.8. The number of hydrogen-bond donors (Lipinski definition) is 1. The maximum atomic E-state index is 13.8. The Morgan fingerprint density at radius 1 is 1.03 bits per heavy atom. The summed E-state index contributed by atoms with van der Waals surface area (Å²) in [7, 11) is 0. The molecule has 2 fully saturated rings. The van der Waals surface area contributed by atoms with Crippen LogP contribution in [0.3, 0.4) is 0 Å². The summed E-state index contributed by atoms with van der Waals surface area (Å²) in [6, 6.07) is 10.7. The van der Waals surface area contributed by atoms with Crippen LogP contribution in [0.4, 0.5) is 19.0 Å². The van der Waals surface area contributed by atoms with Gasteiger partial charge in [0.1, 0.15) is 11.6 Å². The Kier molecular flexibility index (Phi) is 5.01. The first-order valence-corrected chi connectivity index (χ1v) is 10.7. The average Bonchev–Trinajstić information content (AvgIpc) is 3.10. The topological polar surface area (TPSA) is 31.4 Å². The zero-order valence-corrected chi connectivity index (χ0v) is 17.4. The van der Waals surface area contributed by atoms with Crippen LogP contribution in [-0.4, -0.2) is 41.6 Å². The van der Waals surface area contributed by atoms with Gasteiger partial charge in [0.2, 0.25) is 0 Å². The molecule has 162 valence electrons. The minimum atomic E-state index is -4.47. The number of nitrogens with zero attached hydrogens (tertiary/aromatic N) is 3. The molecule has 1 aromatic heterocycles. The summed E-state index contributed by atoms with van der Waals surface area (Å²) >= 11 is 0. The highest BCUT2D eigenvalue weighted by atomic mass is 19.4. The summed E-state index contributed by atoms with van der Waals surface area (Å²) < 4.78 is 41.4. The molecule has 3 aliphatic rings. The van der Waals surface area contributed by atoms with Crippen molar-refractivity contribution >= 4 is 5.82 Å². The predicted octanol–water partition coefficient (Wildman–Crippen LogP) is 4.73. The normalized spacial score (nSPS) is 23.3. The van der Waals surface area contributed by atoms with E-state index < -0.39 is 11.7 Å². The fourth-order valence-electron chi connectivity index (χ4n) is 4.85. The third-order valence-corrected chi connectivity index (χ3v) is 6.35. The van der Waals surface area contributed by atoms with Crippen molar-refractivity contribution in [1.29, 1.82) is 0 Å². The molecule has 4 nitrogen and oxygen atoms in total. The summed E-state index contributed by atoms with van der Waals surface area (Å²) in [5.74, 6) is 1.54. The smallest absolute Gasteiger partial charge is 0.355 e. The molecule has 0 radical (unpaired) electrons. The summed E-state index contributed by atoms with van der Waals surface area (Å²) in [6.45, 7) is 4.20. The van der Waals surface area contributed by atoms with Crippen molar-refractivity contribution in [2.75, 3.05) is 24.5 Å². The van der Waals surface area contributed by atoms with Crippen LogP contribution in [0.2, 0.25) is 0 Å². The van der Waals surface area contributed by atoms with E-state index in [1.54, 1.807) is 12.1 Å². The van der Waals surface area contributed by atoms with Crippen molar-refractivity contribution in [2.45, 2.75) is 38.0 Å². The Morgan fingerprint density at radius 2 is 1.77 bits per heavy atom. The molecule has 2 atom stereocenters. The van der Waals surface area contributed by atoms with Gasteiger partial charge in [0.15, 0.2) is 0 Å². The number of pyridine rings is 1. The summed E-state index contributed by atoms with van der Waals surface area (Å²) in [6.07, 6.45) is 3.93. The van der Waals surface area contributed by atoms with Gasteiger partial charge in [0.05, 0.1) is 11.3 Å². The lowest BCUT2D eigenvalue weighted by molar-refractivity contribution is -0.137. The SMILES string of the molecule is Cc1ccccc1-c1nc(N2CC=CC=C2N2CC3CCC(C2)N3)ccc1C(F)(F)F. The quantitative estimate of drug-likeness (QED) is 0.769. The molecule has 0 saturated carbocycles. The molecule has 3 aliphatic heterocycles. The van der Waals surface area contributed by atoms with Gasteiger partial charge in [-0.2, -0.15) is 13.2 Å². The highest BCUT2D eigenvalue weighted by Crippen LogP contribution is 2.39. The number of nitrogens with one attached hydrogen (secondary N) is 1. The van der Waals surface area contributed by atoms with E-state index in [4.69, 9.17) is 0 Å². The van der Waals surface area contributed by atoms with Gasteiger partial charge < -0.3 is 15.1 Å². The highest BCUT2D eigenvalue weighted by Gasteiger charge is 2.37. The van der Waals surface area contributed by atoms with Crippen LogP contribution in [0, 0.1) is 6.92 Å². The second-order valence-corrected chi connectivity index (χ2v) is 8.48. The van der Waals surface area contributed by atoms with E-state index >= 15 is 0 Å². The number of rotatable bonds is 3. The standard InChI is InChI=1S/C24H25F3N4/c1-16-6-2-3-7-19(16)23-20(24(25,26)27)11-12-21(29-23)31-13-5-4-8-22(31)30-14-17-9-10-18(15-30)28-17/h2-8,11-12,17-18,28H,9-10,13-15H2,1H3. The number of likely N-dealkylation sites (tertiary alicyclic amines) is 1. The highest BCUT2D eigenvalue weighted by molar-refractivity contribution is 5.70. The lowest BCUT2D eigenvalue weighted by atomic mass is 10.0.